The van der Waals surface area contributed by atoms with Crippen molar-refractivity contribution < 1.29 is 14.6 Å². The van der Waals surface area contributed by atoms with E-state index in [1.165, 1.54) is 11.3 Å². The number of hydrogen-bond donors (Lipinski definition) is 2. The van der Waals surface area contributed by atoms with Gasteiger partial charge in [-0.1, -0.05) is 0 Å². The average Bonchev–Trinajstić information content (AvgIpc) is 2.85. The average molecular weight is 307 g/mol. The molecule has 6 nitrogen and oxygen atoms in total. The number of pyridine rings is 1. The number of rotatable bonds is 2. The number of aliphatic hydroxyl groups excluding tert-OH is 1. The lowest BCUT2D eigenvalue weighted by Crippen LogP contribution is -2.51. The van der Waals surface area contributed by atoms with E-state index in [9.17, 15) is 9.90 Å². The Bertz CT molecular complexity index is 673. The Hall–Kier alpha value is -1.70. The minimum Gasteiger partial charge on any atom is -0.396 e. The molecule has 0 bridgehead atoms. The van der Waals surface area contributed by atoms with E-state index in [-0.39, 0.29) is 24.7 Å². The predicted molar refractivity (Wildman–Crippen MR) is 81.4 cm³/mol. The molecular weight excluding hydrogens is 290 g/mol. The van der Waals surface area contributed by atoms with Gasteiger partial charge in [-0.3, -0.25) is 9.78 Å². The van der Waals surface area contributed by atoms with Gasteiger partial charge in [0, 0.05) is 12.7 Å². The molecule has 1 saturated heterocycles. The van der Waals surface area contributed by atoms with Gasteiger partial charge in [0.1, 0.15) is 10.4 Å². The normalized spacial score (nSPS) is 22.7. The van der Waals surface area contributed by atoms with Gasteiger partial charge < -0.3 is 20.5 Å². The Labute approximate surface area is 126 Å². The van der Waals surface area contributed by atoms with Gasteiger partial charge in [0.15, 0.2) is 0 Å². The van der Waals surface area contributed by atoms with Crippen LogP contribution in [0.25, 0.3) is 10.2 Å². The maximum absolute atomic E-state index is 12.8. The quantitative estimate of drug-likeness (QED) is 0.867. The fraction of sp³-hybridized carbons (Fsp3) is 0.429. The van der Waals surface area contributed by atoms with Gasteiger partial charge in [-0.05, 0) is 19.1 Å². The second-order valence-electron chi connectivity index (χ2n) is 5.14. The van der Waals surface area contributed by atoms with Crippen LogP contribution < -0.4 is 5.73 Å². The number of anilines is 1. The number of carbonyl (C=O) groups is 1. The first-order valence-electron chi connectivity index (χ1n) is 6.78. The molecule has 1 aliphatic rings. The smallest absolute Gasteiger partial charge is 0.266 e. The highest BCUT2D eigenvalue weighted by Gasteiger charge is 2.32. The van der Waals surface area contributed by atoms with E-state index < -0.39 is 0 Å². The molecule has 2 atom stereocenters. The number of amides is 1. The van der Waals surface area contributed by atoms with Crippen molar-refractivity contribution in [2.24, 2.45) is 0 Å². The number of nitrogens with zero attached hydrogens (tertiary/aromatic N) is 2. The van der Waals surface area contributed by atoms with Crippen molar-refractivity contribution in [1.82, 2.24) is 9.88 Å². The first kappa shape index (κ1) is 14.2. The van der Waals surface area contributed by atoms with E-state index >= 15 is 0 Å². The first-order chi connectivity index (χ1) is 10.1. The molecule has 1 fully saturated rings. The van der Waals surface area contributed by atoms with Crippen molar-refractivity contribution in [3.63, 3.8) is 0 Å². The number of carbonyl (C=O) groups excluding carboxylic acids is 1. The summed E-state index contributed by atoms with van der Waals surface area (Å²) in [6.07, 6.45) is 1.33. The van der Waals surface area contributed by atoms with Crippen LogP contribution in [0.5, 0.6) is 0 Å². The van der Waals surface area contributed by atoms with Crippen molar-refractivity contribution in [1.29, 1.82) is 0 Å². The van der Waals surface area contributed by atoms with Crippen LogP contribution in [-0.2, 0) is 4.74 Å². The highest BCUT2D eigenvalue weighted by molar-refractivity contribution is 7.21. The number of aliphatic hydroxyl groups is 1. The molecule has 1 amide bonds. The number of nitrogens with two attached hydrogens (primary N) is 1. The summed E-state index contributed by atoms with van der Waals surface area (Å²) in [6.45, 7) is 2.62. The van der Waals surface area contributed by atoms with Crippen LogP contribution in [0.4, 0.5) is 5.69 Å². The van der Waals surface area contributed by atoms with Crippen LogP contribution in [0, 0.1) is 0 Å². The molecule has 3 rings (SSSR count). The molecule has 0 aliphatic carbocycles. The molecule has 0 aromatic carbocycles. The number of aromatic nitrogens is 1. The minimum atomic E-state index is -0.334. The molecule has 3 heterocycles. The minimum absolute atomic E-state index is 0.0436. The Morgan fingerprint density at radius 1 is 1.67 bits per heavy atom. The maximum Gasteiger partial charge on any atom is 0.266 e. The van der Waals surface area contributed by atoms with Crippen LogP contribution in [0.15, 0.2) is 18.3 Å². The molecule has 0 saturated carbocycles. The van der Waals surface area contributed by atoms with Crippen LogP contribution in [0.1, 0.15) is 16.6 Å². The highest BCUT2D eigenvalue weighted by Crippen LogP contribution is 2.33. The molecule has 7 heteroatoms. The van der Waals surface area contributed by atoms with Gasteiger partial charge >= 0.3 is 0 Å². The number of ether oxygens (including phenoxy) is 1. The van der Waals surface area contributed by atoms with Crippen LogP contribution in [-0.4, -0.2) is 52.8 Å². The van der Waals surface area contributed by atoms with Gasteiger partial charge in [-0.2, -0.15) is 0 Å². The van der Waals surface area contributed by atoms with E-state index in [1.807, 2.05) is 19.1 Å². The second-order valence-corrected chi connectivity index (χ2v) is 6.19. The Morgan fingerprint density at radius 3 is 3.19 bits per heavy atom. The van der Waals surface area contributed by atoms with Crippen molar-refractivity contribution in [2.75, 3.05) is 25.5 Å². The molecular formula is C14H17N3O3S. The van der Waals surface area contributed by atoms with Crippen LogP contribution >= 0.6 is 11.3 Å². The van der Waals surface area contributed by atoms with Gasteiger partial charge in [-0.25, -0.2) is 0 Å². The molecule has 21 heavy (non-hydrogen) atoms. The number of hydrogen-bond acceptors (Lipinski definition) is 6. The standard InChI is InChI=1S/C14H17N3O3S/c1-8-7-20-9(6-18)5-17(8)14(19)13-11(15)12-10(21-13)3-2-4-16-12/h2-4,8-9,18H,5-7,15H2,1H3. The fourth-order valence-electron chi connectivity index (χ4n) is 2.45. The Kier molecular flexibility index (Phi) is 3.79. The molecule has 1 aliphatic heterocycles. The van der Waals surface area contributed by atoms with E-state index in [0.29, 0.717) is 29.2 Å². The molecule has 0 spiro atoms. The SMILES string of the molecule is CC1COC(CO)CN1C(=O)c1sc2cccnc2c1N. The van der Waals surface area contributed by atoms with Crippen LogP contribution in [0.2, 0.25) is 0 Å². The Balaban J connectivity index is 1.94. The molecule has 2 aromatic heterocycles. The summed E-state index contributed by atoms with van der Waals surface area (Å²) in [7, 11) is 0. The van der Waals surface area contributed by atoms with Gasteiger partial charge in [-0.15, -0.1) is 11.3 Å². The van der Waals surface area contributed by atoms with Gasteiger partial charge in [0.05, 0.1) is 35.7 Å². The van der Waals surface area contributed by atoms with Crippen LogP contribution in [0.3, 0.4) is 0 Å². The summed E-state index contributed by atoms with van der Waals surface area (Å²) >= 11 is 1.35. The number of fused-ring (bicyclic) bond motifs is 1. The summed E-state index contributed by atoms with van der Waals surface area (Å²) in [5.41, 5.74) is 7.18. The van der Waals surface area contributed by atoms with Gasteiger partial charge in [0.2, 0.25) is 0 Å². The summed E-state index contributed by atoms with van der Waals surface area (Å²) in [5.74, 6) is -0.121. The Morgan fingerprint density at radius 2 is 2.48 bits per heavy atom. The monoisotopic (exact) mass is 307 g/mol. The summed E-state index contributed by atoms with van der Waals surface area (Å²) < 4.78 is 6.36. The number of nitrogen functional groups attached to an aromatic ring is 1. The largest absolute Gasteiger partial charge is 0.396 e. The topological polar surface area (TPSA) is 88.7 Å². The number of thiophene rings is 1. The maximum atomic E-state index is 12.8. The predicted octanol–water partition coefficient (Wildman–Crippen LogP) is 1.10. The molecule has 112 valence electrons. The molecule has 2 unspecified atom stereocenters. The lowest BCUT2D eigenvalue weighted by molar-refractivity contribution is -0.0666. The van der Waals surface area contributed by atoms with Crippen molar-refractivity contribution in [2.45, 2.75) is 19.1 Å². The highest BCUT2D eigenvalue weighted by atomic mass is 32.1. The zero-order chi connectivity index (χ0) is 15.0. The van der Waals surface area contributed by atoms with E-state index in [1.54, 1.807) is 11.1 Å². The zero-order valence-electron chi connectivity index (χ0n) is 11.7. The van der Waals surface area contributed by atoms with Crippen molar-refractivity contribution in [3.05, 3.63) is 23.2 Å². The number of morpholine rings is 1. The molecule has 2 aromatic rings. The first-order valence-corrected chi connectivity index (χ1v) is 7.60. The molecule has 3 N–H and O–H groups in total. The summed E-state index contributed by atoms with van der Waals surface area (Å²) in [4.78, 5) is 19.2. The summed E-state index contributed by atoms with van der Waals surface area (Å²) in [5, 5.41) is 9.22. The van der Waals surface area contributed by atoms with Crippen molar-refractivity contribution >= 4 is 33.1 Å². The lowest BCUT2D eigenvalue weighted by atomic mass is 10.2. The lowest BCUT2D eigenvalue weighted by Gasteiger charge is -2.37. The van der Waals surface area contributed by atoms with Gasteiger partial charge in [0.25, 0.3) is 5.91 Å². The molecule has 0 radical (unpaired) electrons. The van der Waals surface area contributed by atoms with Crippen molar-refractivity contribution in [3.8, 4) is 0 Å². The summed E-state index contributed by atoms with van der Waals surface area (Å²) in [6, 6.07) is 3.68. The fourth-order valence-corrected chi connectivity index (χ4v) is 3.48. The second kappa shape index (κ2) is 5.59. The van der Waals surface area contributed by atoms with E-state index in [0.717, 1.165) is 4.70 Å². The van der Waals surface area contributed by atoms with E-state index in [4.69, 9.17) is 10.5 Å². The third-order valence-electron chi connectivity index (χ3n) is 3.65. The van der Waals surface area contributed by atoms with E-state index in [2.05, 4.69) is 4.98 Å². The third-order valence-corrected chi connectivity index (χ3v) is 4.79. The third kappa shape index (κ3) is 2.48. The zero-order valence-corrected chi connectivity index (χ0v) is 12.5.